The van der Waals surface area contributed by atoms with Crippen LogP contribution in [0.2, 0.25) is 20.0 Å². The van der Waals surface area contributed by atoms with Gasteiger partial charge in [0.25, 0.3) is 0 Å². The number of aromatic nitrogens is 5. The van der Waals surface area contributed by atoms with Gasteiger partial charge in [0.15, 0.2) is 11.7 Å². The number of hydrogen-bond donors (Lipinski definition) is 5. The molecule has 6 aliphatic rings. The lowest BCUT2D eigenvalue weighted by atomic mass is 9.63. The molecule has 0 saturated carbocycles. The van der Waals surface area contributed by atoms with Crippen LogP contribution in [0.1, 0.15) is 219 Å². The lowest BCUT2D eigenvalue weighted by molar-refractivity contribution is 0.0909. The Morgan fingerprint density at radius 2 is 1.12 bits per heavy atom. The van der Waals surface area contributed by atoms with E-state index in [0.717, 1.165) is 42.9 Å². The van der Waals surface area contributed by atoms with Crippen LogP contribution in [0.5, 0.6) is 5.75 Å². The fourth-order valence-corrected chi connectivity index (χ4v) is 9.54. The summed E-state index contributed by atoms with van der Waals surface area (Å²) < 4.78 is 37.8. The van der Waals surface area contributed by atoms with Crippen molar-refractivity contribution >= 4 is 64.7 Å². The largest absolute Gasteiger partial charge is 0.546 e. The minimum absolute atomic E-state index is 0. The lowest BCUT2D eigenvalue weighted by Crippen LogP contribution is -2.34. The third kappa shape index (κ3) is 25.8. The Kier molecular flexibility index (Phi) is 29.0. The summed E-state index contributed by atoms with van der Waals surface area (Å²) in [4.78, 5) is 24.8. The molecule has 0 aliphatic carbocycles. The molecule has 92 heavy (non-hydrogen) atoms. The van der Waals surface area contributed by atoms with Gasteiger partial charge in [-0.3, -0.25) is 19.5 Å². The van der Waals surface area contributed by atoms with Crippen LogP contribution in [0, 0.1) is 16.2 Å². The second kappa shape index (κ2) is 32.9. The van der Waals surface area contributed by atoms with Crippen LogP contribution in [0.15, 0.2) is 86.6 Å². The maximum atomic E-state index is 10.5. The van der Waals surface area contributed by atoms with Crippen LogP contribution < -0.4 is 21.3 Å². The Bertz CT molecular complexity index is 3190. The molecule has 6 aliphatic heterocycles. The highest BCUT2D eigenvalue weighted by Gasteiger charge is 2.37. The molecule has 506 valence electrons. The van der Waals surface area contributed by atoms with Crippen LogP contribution in [0.4, 0.5) is 0 Å². The number of hydrogen-bond acceptors (Lipinski definition) is 17. The van der Waals surface area contributed by atoms with E-state index in [2.05, 4.69) is 195 Å². The van der Waals surface area contributed by atoms with Crippen molar-refractivity contribution in [1.82, 2.24) is 24.9 Å². The molecule has 0 radical (unpaired) electrons. The maximum Gasteiger partial charge on any atom is 0.546 e. The first-order chi connectivity index (χ1) is 41.5. The molecule has 1 fully saturated rings. The van der Waals surface area contributed by atoms with E-state index in [1.807, 2.05) is 79.1 Å². The van der Waals surface area contributed by atoms with Gasteiger partial charge in [-0.15, -0.1) is 0 Å². The van der Waals surface area contributed by atoms with Crippen molar-refractivity contribution in [2.75, 3.05) is 13.2 Å². The molecule has 0 amide bonds. The number of benzene rings is 3. The van der Waals surface area contributed by atoms with Gasteiger partial charge in [0.05, 0.1) is 30.8 Å². The molecule has 3 aromatic carbocycles. The molecule has 1 saturated heterocycles. The molecule has 1 atom stereocenters. The maximum absolute atomic E-state index is 10.5. The quantitative estimate of drug-likeness (QED) is 0.0904. The Morgan fingerprint density at radius 3 is 1.50 bits per heavy atom. The number of aromatic amines is 1. The topological polar surface area (TPSA) is 251 Å². The normalized spacial score (nSPS) is 16.8. The molecule has 1 unspecified atom stereocenters. The van der Waals surface area contributed by atoms with E-state index >= 15 is 0 Å². The summed E-state index contributed by atoms with van der Waals surface area (Å²) in [6, 6.07) is 19.7. The van der Waals surface area contributed by atoms with Gasteiger partial charge in [0, 0.05) is 23.3 Å². The minimum atomic E-state index is -0.778. The number of fused-ring (bicyclic) bond motifs is 3. The van der Waals surface area contributed by atoms with Crippen molar-refractivity contribution in [3.05, 3.63) is 117 Å². The highest BCUT2D eigenvalue weighted by molar-refractivity contribution is 6.82. The van der Waals surface area contributed by atoms with E-state index in [1.165, 1.54) is 38.7 Å². The van der Waals surface area contributed by atoms with Crippen LogP contribution >= 0.6 is 0 Å². The zero-order chi connectivity index (χ0) is 69.0. The SMILES string of the molecule is C.CB1OCc2cc(C(C)(C)C)ccc21.CB1OCc2ccc(C(C)(C)C)cc21.CC(C)(C)C1=NCB(O)O1.CC(C)(C)C1=NCOB1O.CC(C)(C)C1CCB(O)O1.CC(C)(C)c1ccc2c(c1)OB(O)C2.CC(C)(C)c1noc(=O)[nH]1.CC(C)(C)n1cncn1. The third-order valence-electron chi connectivity index (χ3n) is 15.4. The molecular weight excluding hydrogens is 1160 g/mol. The number of nitrogens with zero attached hydrogens (tertiary/aromatic N) is 6. The summed E-state index contributed by atoms with van der Waals surface area (Å²) >= 11 is 0. The van der Waals surface area contributed by atoms with Gasteiger partial charge in [-0.1, -0.05) is 220 Å². The monoisotopic (exact) mass is 1270 g/mol. The van der Waals surface area contributed by atoms with Gasteiger partial charge in [-0.2, -0.15) is 5.10 Å². The molecule has 5 N–H and O–H groups in total. The lowest BCUT2D eigenvalue weighted by Gasteiger charge is -2.26. The fraction of sp³-hybridized carbons (Fsp3) is 0.642. The standard InChI is InChI=1S/2C12H17BO.C11H15BO2.C7H15BO2.2C6H12BNO2.C6H11N3.C6H10N2O2.CH4/c1-12(2,3)10-5-6-11-9(7-10)8-14-13(11)4;1-12(2,3)10-6-5-9-8-14-13(4)11(9)7-10;1-11(2,3)9-5-4-8-7-12(13)14-10(8)6-9;1-7(2,3)6-4-5-8(9)10-6;1-6(2,3)5-7(9)10-4-8-5;1-6(2,3)5-8-4-7(9)10-5;1-6(2,3)9-5-7-4-8-9;1-6(2,3)4-7-5(9)10-8-4;/h2*5-7H,8H2,1-4H3;4-6,13H,7H2,1-3H3;6,9H,4-5H2,1-3H3;2*9H,4H2,1-3H3;4-5H,1-3H3;1-3H3,(H,7,8,9);1H4. The van der Waals surface area contributed by atoms with Crippen molar-refractivity contribution in [2.24, 2.45) is 26.2 Å². The molecule has 2 aromatic heterocycles. The first-order valence-electron chi connectivity index (χ1n) is 32.0. The molecular formula is C67H113B6N7O12. The Morgan fingerprint density at radius 1 is 0.576 bits per heavy atom. The van der Waals surface area contributed by atoms with Crippen molar-refractivity contribution in [3.8, 4) is 5.75 Å². The van der Waals surface area contributed by atoms with Gasteiger partial charge >= 0.3 is 48.1 Å². The van der Waals surface area contributed by atoms with E-state index in [4.69, 9.17) is 38.0 Å². The van der Waals surface area contributed by atoms with Crippen LogP contribution in [-0.2, 0) is 70.0 Å². The summed E-state index contributed by atoms with van der Waals surface area (Å²) in [7, 11) is -2.65. The van der Waals surface area contributed by atoms with E-state index in [9.17, 15) is 14.8 Å². The van der Waals surface area contributed by atoms with Crippen LogP contribution in [0.25, 0.3) is 0 Å². The predicted octanol–water partition coefficient (Wildman–Crippen LogP) is 11.2. The Balaban J connectivity index is 0.000000276. The average molecular weight is 1270 g/mol. The zero-order valence-electron chi connectivity index (χ0n) is 60.1. The molecule has 8 heterocycles. The summed E-state index contributed by atoms with van der Waals surface area (Å²) in [5, 5.41) is 44.0. The Labute approximate surface area is 554 Å². The van der Waals surface area contributed by atoms with E-state index in [0.29, 0.717) is 31.2 Å². The van der Waals surface area contributed by atoms with E-state index < -0.39 is 34.2 Å². The first kappa shape index (κ1) is 81.0. The van der Waals surface area contributed by atoms with Gasteiger partial charge < -0.3 is 48.0 Å². The highest BCUT2D eigenvalue weighted by atomic mass is 16.5. The summed E-state index contributed by atoms with van der Waals surface area (Å²) in [5.41, 5.74) is 11.9. The molecule has 19 nitrogen and oxygen atoms in total. The van der Waals surface area contributed by atoms with Crippen molar-refractivity contribution in [1.29, 1.82) is 0 Å². The molecule has 5 aromatic rings. The second-order valence-corrected chi connectivity index (χ2v) is 32.2. The summed E-state index contributed by atoms with van der Waals surface area (Å²) in [6.45, 7) is 57.1. The van der Waals surface area contributed by atoms with Crippen molar-refractivity contribution in [3.63, 3.8) is 0 Å². The molecule has 0 spiro atoms. The zero-order valence-corrected chi connectivity index (χ0v) is 60.1. The van der Waals surface area contributed by atoms with Gasteiger partial charge in [0.2, 0.25) is 0 Å². The van der Waals surface area contributed by atoms with Gasteiger partial charge in [0.1, 0.15) is 25.1 Å². The third-order valence-corrected chi connectivity index (χ3v) is 15.4. The molecule has 11 rings (SSSR count). The number of rotatable bonds is 0. The van der Waals surface area contributed by atoms with Crippen molar-refractivity contribution in [2.45, 2.75) is 253 Å². The first-order valence-corrected chi connectivity index (χ1v) is 32.0. The molecule has 0 bridgehead atoms. The smallest absolute Gasteiger partial charge is 0.536 e. The summed E-state index contributed by atoms with van der Waals surface area (Å²) in [5.74, 6) is 1.58. The number of H-pyrrole nitrogens is 1. The van der Waals surface area contributed by atoms with Crippen LogP contribution in [0.3, 0.4) is 0 Å². The fourth-order valence-electron chi connectivity index (χ4n) is 9.54. The number of nitrogens with one attached hydrogen (secondary N) is 1. The van der Waals surface area contributed by atoms with Gasteiger partial charge in [-0.25, -0.2) is 14.5 Å². The second-order valence-electron chi connectivity index (χ2n) is 32.2. The van der Waals surface area contributed by atoms with Crippen molar-refractivity contribution < 1.29 is 52.5 Å². The van der Waals surface area contributed by atoms with E-state index in [-0.39, 0.29) is 70.8 Å². The minimum Gasteiger partial charge on any atom is -0.536 e. The number of aliphatic imine (C=N–C) groups is 2. The summed E-state index contributed by atoms with van der Waals surface area (Å²) in [6.07, 6.45) is 6.28. The van der Waals surface area contributed by atoms with Gasteiger partial charge in [-0.05, 0) is 111 Å². The van der Waals surface area contributed by atoms with Crippen LogP contribution in [-0.4, -0.2) is 118 Å². The van der Waals surface area contributed by atoms with E-state index in [1.54, 1.807) is 12.7 Å². The molecule has 25 heteroatoms. The Hall–Kier alpha value is -5.25. The predicted molar refractivity (Wildman–Crippen MR) is 381 cm³/mol. The highest BCUT2D eigenvalue weighted by Crippen LogP contribution is 2.34. The average Bonchev–Trinajstić information content (AvgIpc) is 1.84.